The topological polar surface area (TPSA) is 103 Å². The number of aromatic carboxylic acids is 1. The Morgan fingerprint density at radius 1 is 1.43 bits per heavy atom. The second kappa shape index (κ2) is 6.98. The fourth-order valence-electron chi connectivity index (χ4n) is 2.11. The van der Waals surface area contributed by atoms with Gasteiger partial charge in [0.2, 0.25) is 0 Å². The molecule has 118 valence electrons. The van der Waals surface area contributed by atoms with Crippen molar-refractivity contribution in [3.05, 3.63) is 41.2 Å². The van der Waals surface area contributed by atoms with Crippen LogP contribution in [-0.2, 0) is 0 Å². The maximum absolute atomic E-state index is 11.6. The van der Waals surface area contributed by atoms with E-state index >= 15 is 0 Å². The van der Waals surface area contributed by atoms with Crippen LogP contribution in [0.2, 0.25) is 0 Å². The first-order chi connectivity index (χ1) is 11.0. The Balaban J connectivity index is 2.54. The van der Waals surface area contributed by atoms with E-state index in [2.05, 4.69) is 15.4 Å². The summed E-state index contributed by atoms with van der Waals surface area (Å²) in [5.74, 6) is -1.07. The van der Waals surface area contributed by atoms with Crippen LogP contribution in [0.5, 0.6) is 0 Å². The number of amidine groups is 1. The molecule has 0 bridgehead atoms. The Bertz CT molecular complexity index is 820. The molecule has 2 aromatic rings. The zero-order chi connectivity index (χ0) is 17.0. The van der Waals surface area contributed by atoms with Crippen molar-refractivity contribution in [1.29, 1.82) is 5.26 Å². The van der Waals surface area contributed by atoms with Crippen molar-refractivity contribution in [2.24, 2.45) is 4.99 Å². The monoisotopic (exact) mass is 329 g/mol. The van der Waals surface area contributed by atoms with E-state index in [-0.39, 0.29) is 5.56 Å². The molecule has 8 heteroatoms. The highest BCUT2D eigenvalue weighted by Crippen LogP contribution is 2.23. The van der Waals surface area contributed by atoms with E-state index in [1.54, 1.807) is 29.3 Å². The molecule has 0 aliphatic heterocycles. The molecule has 1 aromatic heterocycles. The van der Waals surface area contributed by atoms with E-state index in [9.17, 15) is 9.90 Å². The first-order valence-electron chi connectivity index (χ1n) is 6.65. The number of benzene rings is 1. The van der Waals surface area contributed by atoms with Crippen molar-refractivity contribution in [3.8, 4) is 11.9 Å². The Hall–Kier alpha value is -2.79. The lowest BCUT2D eigenvalue weighted by Gasteiger charge is -2.09. The molecule has 1 aromatic carbocycles. The molecule has 0 radical (unpaired) electrons. The summed E-state index contributed by atoms with van der Waals surface area (Å²) in [7, 11) is 0. The van der Waals surface area contributed by atoms with Gasteiger partial charge in [0.25, 0.3) is 0 Å². The van der Waals surface area contributed by atoms with E-state index < -0.39 is 5.97 Å². The number of hydrogen-bond donors (Lipinski definition) is 2. The largest absolute Gasteiger partial charge is 0.478 e. The van der Waals surface area contributed by atoms with Crippen LogP contribution in [0.25, 0.3) is 5.69 Å². The van der Waals surface area contributed by atoms with Crippen molar-refractivity contribution >= 4 is 28.6 Å². The maximum atomic E-state index is 11.6. The molecular formula is C15H15N5O2S. The quantitative estimate of drug-likeness (QED) is 0.388. The van der Waals surface area contributed by atoms with Crippen molar-refractivity contribution in [2.75, 3.05) is 6.26 Å². The van der Waals surface area contributed by atoms with Gasteiger partial charge in [-0.2, -0.15) is 10.4 Å². The van der Waals surface area contributed by atoms with Crippen LogP contribution in [0, 0.1) is 25.3 Å². The molecule has 2 rings (SSSR count). The van der Waals surface area contributed by atoms with Crippen molar-refractivity contribution in [2.45, 2.75) is 13.8 Å². The summed E-state index contributed by atoms with van der Waals surface area (Å²) in [6.07, 6.45) is 3.56. The van der Waals surface area contributed by atoms with Gasteiger partial charge in [-0.15, -0.1) is 0 Å². The number of nitrogens with one attached hydrogen (secondary N) is 1. The smallest absolute Gasteiger partial charge is 0.337 e. The molecule has 0 fully saturated rings. The Labute approximate surface area is 137 Å². The van der Waals surface area contributed by atoms with Gasteiger partial charge in [0.05, 0.1) is 22.6 Å². The second-order valence-electron chi connectivity index (χ2n) is 4.70. The Morgan fingerprint density at radius 2 is 2.17 bits per heavy atom. The van der Waals surface area contributed by atoms with Crippen LogP contribution in [0.4, 0.5) is 5.69 Å². The van der Waals surface area contributed by atoms with E-state index in [4.69, 9.17) is 5.26 Å². The standard InChI is InChI=1S/C15H15N5O2S/c1-9-6-10(2)20(19-9)13-5-4-11(7-12(13)14(21)22)18-15(23-3)17-8-16/h4-7H,1-3H3,(H,17,18)(H,21,22). The van der Waals surface area contributed by atoms with Crippen LogP contribution < -0.4 is 5.32 Å². The minimum atomic E-state index is -1.07. The van der Waals surface area contributed by atoms with Crippen LogP contribution in [-0.4, -0.2) is 32.3 Å². The molecule has 0 spiro atoms. The van der Waals surface area contributed by atoms with Gasteiger partial charge in [-0.25, -0.2) is 14.5 Å². The minimum absolute atomic E-state index is 0.0925. The van der Waals surface area contributed by atoms with Crippen molar-refractivity contribution < 1.29 is 9.90 Å². The third-order valence-electron chi connectivity index (χ3n) is 3.04. The van der Waals surface area contributed by atoms with Crippen LogP contribution in [0.3, 0.4) is 0 Å². The highest BCUT2D eigenvalue weighted by Gasteiger charge is 2.15. The molecule has 2 N–H and O–H groups in total. The number of carboxylic acid groups (broad SMARTS) is 1. The third kappa shape index (κ3) is 3.70. The fraction of sp³-hybridized carbons (Fsp3) is 0.200. The van der Waals surface area contributed by atoms with Crippen LogP contribution in [0.15, 0.2) is 29.3 Å². The molecular weight excluding hydrogens is 314 g/mol. The molecule has 0 aliphatic rings. The SMILES string of the molecule is CSC(=Nc1ccc(-n2nc(C)cc2C)c(C(=O)O)c1)NC#N. The van der Waals surface area contributed by atoms with E-state index in [1.807, 2.05) is 19.9 Å². The number of aryl methyl sites for hydroxylation is 2. The number of hydrogen-bond acceptors (Lipinski definition) is 5. The molecule has 23 heavy (non-hydrogen) atoms. The summed E-state index contributed by atoms with van der Waals surface area (Å²) >= 11 is 1.26. The van der Waals surface area contributed by atoms with Crippen LogP contribution in [0.1, 0.15) is 21.7 Å². The van der Waals surface area contributed by atoms with E-state index in [0.717, 1.165) is 11.4 Å². The summed E-state index contributed by atoms with van der Waals surface area (Å²) in [6, 6.07) is 6.68. The van der Waals surface area contributed by atoms with E-state index in [1.165, 1.54) is 17.8 Å². The first-order valence-corrected chi connectivity index (χ1v) is 7.87. The number of aliphatic imine (C=N–C) groups is 1. The zero-order valence-corrected chi connectivity index (χ0v) is 13.7. The molecule has 0 unspecified atom stereocenters. The Morgan fingerprint density at radius 3 is 2.70 bits per heavy atom. The summed E-state index contributed by atoms with van der Waals surface area (Å²) in [4.78, 5) is 15.8. The van der Waals surface area contributed by atoms with Crippen molar-refractivity contribution in [1.82, 2.24) is 15.1 Å². The van der Waals surface area contributed by atoms with Gasteiger partial charge >= 0.3 is 5.97 Å². The predicted octanol–water partition coefficient (Wildman–Crippen LogP) is 2.61. The van der Waals surface area contributed by atoms with Gasteiger partial charge in [-0.05, 0) is 44.4 Å². The number of thioether (sulfide) groups is 1. The molecule has 0 saturated heterocycles. The lowest BCUT2D eigenvalue weighted by Crippen LogP contribution is -2.12. The number of aromatic nitrogens is 2. The second-order valence-corrected chi connectivity index (χ2v) is 5.50. The average Bonchev–Trinajstić information content (AvgIpc) is 2.85. The van der Waals surface area contributed by atoms with Gasteiger partial charge < -0.3 is 5.11 Å². The third-order valence-corrected chi connectivity index (χ3v) is 3.62. The lowest BCUT2D eigenvalue weighted by atomic mass is 10.1. The first kappa shape index (κ1) is 16.6. The molecule has 0 amide bonds. The summed E-state index contributed by atoms with van der Waals surface area (Å²) in [6.45, 7) is 3.71. The molecule has 0 aliphatic carbocycles. The molecule has 1 heterocycles. The average molecular weight is 329 g/mol. The molecule has 7 nitrogen and oxygen atoms in total. The normalized spacial score (nSPS) is 11.1. The molecule has 0 atom stereocenters. The van der Waals surface area contributed by atoms with Gasteiger partial charge in [0.1, 0.15) is 0 Å². The highest BCUT2D eigenvalue weighted by molar-refractivity contribution is 8.13. The molecule has 0 saturated carbocycles. The maximum Gasteiger partial charge on any atom is 0.337 e. The zero-order valence-electron chi connectivity index (χ0n) is 12.9. The highest BCUT2D eigenvalue weighted by atomic mass is 32.2. The summed E-state index contributed by atoms with van der Waals surface area (Å²) in [5, 5.41) is 25.3. The van der Waals surface area contributed by atoms with Crippen molar-refractivity contribution in [3.63, 3.8) is 0 Å². The van der Waals surface area contributed by atoms with Gasteiger partial charge in [0.15, 0.2) is 11.4 Å². The lowest BCUT2D eigenvalue weighted by molar-refractivity contribution is 0.0696. The van der Waals surface area contributed by atoms with Gasteiger partial charge in [-0.3, -0.25) is 5.32 Å². The number of nitrogens with zero attached hydrogens (tertiary/aromatic N) is 4. The van der Waals surface area contributed by atoms with Crippen LogP contribution >= 0.6 is 11.8 Å². The van der Waals surface area contributed by atoms with E-state index in [0.29, 0.717) is 16.5 Å². The minimum Gasteiger partial charge on any atom is -0.478 e. The Kier molecular flexibility index (Phi) is 5.03. The number of nitriles is 1. The van der Waals surface area contributed by atoms with Gasteiger partial charge in [-0.1, -0.05) is 11.8 Å². The van der Waals surface area contributed by atoms with Gasteiger partial charge in [0, 0.05) is 5.69 Å². The fourth-order valence-corrected chi connectivity index (χ4v) is 2.46. The number of carbonyl (C=O) groups is 1. The summed E-state index contributed by atoms with van der Waals surface area (Å²) < 4.78 is 1.59. The predicted molar refractivity (Wildman–Crippen MR) is 89.4 cm³/mol. The summed E-state index contributed by atoms with van der Waals surface area (Å²) in [5.41, 5.74) is 2.66. The number of carboxylic acids is 1. The number of rotatable bonds is 3.